The SMILES string of the molecule is Cl.FC1(F)C2=CC3=C(C=CCC3)[C@H](N3CCNCC3)C3=CC=CC[C@]321. The first-order chi connectivity index (χ1) is 11.7. The molecule has 134 valence electrons. The van der Waals surface area contributed by atoms with Crippen molar-refractivity contribution in [3.05, 3.63) is 58.7 Å². The molecule has 2 fully saturated rings. The minimum Gasteiger partial charge on any atom is -0.314 e. The van der Waals surface area contributed by atoms with Gasteiger partial charge in [-0.2, -0.15) is 0 Å². The molecule has 0 aromatic carbocycles. The fourth-order valence-corrected chi connectivity index (χ4v) is 5.00. The molecule has 4 aliphatic carbocycles. The lowest BCUT2D eigenvalue weighted by Gasteiger charge is -2.40. The predicted octanol–water partition coefficient (Wildman–Crippen LogP) is 3.79. The van der Waals surface area contributed by atoms with E-state index in [0.29, 0.717) is 12.0 Å². The Morgan fingerprint density at radius 3 is 2.76 bits per heavy atom. The molecule has 0 amide bonds. The van der Waals surface area contributed by atoms with Gasteiger partial charge in [0.2, 0.25) is 0 Å². The lowest BCUT2D eigenvalue weighted by atomic mass is 9.78. The van der Waals surface area contributed by atoms with Gasteiger partial charge in [0.05, 0.1) is 11.5 Å². The van der Waals surface area contributed by atoms with Crippen LogP contribution < -0.4 is 5.32 Å². The van der Waals surface area contributed by atoms with Crippen LogP contribution in [0.15, 0.2) is 58.7 Å². The summed E-state index contributed by atoms with van der Waals surface area (Å²) in [5.41, 5.74) is 2.59. The van der Waals surface area contributed by atoms with E-state index in [1.807, 2.05) is 24.3 Å². The van der Waals surface area contributed by atoms with Gasteiger partial charge in [-0.25, -0.2) is 8.78 Å². The third kappa shape index (κ3) is 2.20. The summed E-state index contributed by atoms with van der Waals surface area (Å²) in [5.74, 6) is -2.68. The van der Waals surface area contributed by atoms with Crippen LogP contribution in [0, 0.1) is 5.41 Å². The number of piperazine rings is 1. The van der Waals surface area contributed by atoms with Crippen molar-refractivity contribution in [2.75, 3.05) is 26.2 Å². The maximum atomic E-state index is 14.9. The van der Waals surface area contributed by atoms with Gasteiger partial charge in [0.1, 0.15) is 0 Å². The fourth-order valence-electron chi connectivity index (χ4n) is 5.00. The van der Waals surface area contributed by atoms with Gasteiger partial charge in [-0.05, 0) is 36.0 Å². The highest BCUT2D eigenvalue weighted by atomic mass is 35.5. The van der Waals surface area contributed by atoms with Gasteiger partial charge in [0, 0.05) is 31.8 Å². The highest BCUT2D eigenvalue weighted by molar-refractivity contribution is 5.85. The van der Waals surface area contributed by atoms with Crippen LogP contribution in [0.1, 0.15) is 19.3 Å². The zero-order valence-corrected chi connectivity index (χ0v) is 14.9. The largest absolute Gasteiger partial charge is 0.314 e. The molecule has 2 nitrogen and oxygen atoms in total. The topological polar surface area (TPSA) is 15.3 Å². The minimum atomic E-state index is -2.68. The number of rotatable bonds is 1. The van der Waals surface area contributed by atoms with E-state index in [2.05, 4.69) is 22.4 Å². The zero-order chi connectivity index (χ0) is 16.4. The van der Waals surface area contributed by atoms with Crippen molar-refractivity contribution in [2.24, 2.45) is 5.41 Å². The van der Waals surface area contributed by atoms with Gasteiger partial charge >= 0.3 is 0 Å². The van der Waals surface area contributed by atoms with Gasteiger partial charge in [0.25, 0.3) is 5.92 Å². The minimum absolute atomic E-state index is 0. The van der Waals surface area contributed by atoms with Crippen LogP contribution in [0.25, 0.3) is 0 Å². The van der Waals surface area contributed by atoms with Crippen LogP contribution >= 0.6 is 12.4 Å². The molecule has 1 aliphatic heterocycles. The molecule has 0 unspecified atom stereocenters. The smallest absolute Gasteiger partial charge is 0.284 e. The Balaban J connectivity index is 0.00000157. The Kier molecular flexibility index (Phi) is 4.06. The molecule has 1 heterocycles. The summed E-state index contributed by atoms with van der Waals surface area (Å²) >= 11 is 0. The first-order valence-corrected chi connectivity index (χ1v) is 8.98. The Morgan fingerprint density at radius 2 is 1.96 bits per heavy atom. The Bertz CT molecular complexity index is 741. The van der Waals surface area contributed by atoms with E-state index < -0.39 is 11.3 Å². The van der Waals surface area contributed by atoms with E-state index in [0.717, 1.165) is 50.2 Å². The average Bonchev–Trinajstić information content (AvgIpc) is 3.12. The third-order valence-electron chi connectivity index (χ3n) is 6.27. The summed E-state index contributed by atoms with van der Waals surface area (Å²) < 4.78 is 29.8. The molecule has 1 spiro atoms. The van der Waals surface area contributed by atoms with E-state index in [-0.39, 0.29) is 18.4 Å². The molecular weight excluding hydrogens is 342 g/mol. The van der Waals surface area contributed by atoms with E-state index in [1.165, 1.54) is 5.57 Å². The van der Waals surface area contributed by atoms with Gasteiger partial charge in [-0.3, -0.25) is 4.90 Å². The van der Waals surface area contributed by atoms with E-state index in [4.69, 9.17) is 0 Å². The van der Waals surface area contributed by atoms with Crippen molar-refractivity contribution in [1.82, 2.24) is 10.2 Å². The highest BCUT2D eigenvalue weighted by Crippen LogP contribution is 2.74. The average molecular weight is 365 g/mol. The molecule has 1 N–H and O–H groups in total. The fraction of sp³-hybridized carbons (Fsp3) is 0.500. The maximum Gasteiger partial charge on any atom is 0.284 e. The molecule has 5 heteroatoms. The standard InChI is InChI=1S/C20H22F2N2.ClH/c21-20(22)17-13-14-5-1-2-6-15(14)18(24-11-9-23-10-12-24)16-7-3-4-8-19(16,17)20;/h2-4,6-7,13,18,23H,1,5,8-12H2;1H/t18-,19-;/m0./s1. The predicted molar refractivity (Wildman–Crippen MR) is 98.2 cm³/mol. The van der Waals surface area contributed by atoms with Gasteiger partial charge in [0.15, 0.2) is 0 Å². The first-order valence-electron chi connectivity index (χ1n) is 8.98. The summed E-state index contributed by atoms with van der Waals surface area (Å²) in [4.78, 5) is 2.40. The molecule has 0 bridgehead atoms. The third-order valence-corrected chi connectivity index (χ3v) is 6.27. The normalized spacial score (nSPS) is 35.5. The van der Waals surface area contributed by atoms with Crippen molar-refractivity contribution >= 4 is 12.4 Å². The molecule has 5 aliphatic rings. The van der Waals surface area contributed by atoms with Gasteiger partial charge < -0.3 is 5.32 Å². The molecule has 25 heavy (non-hydrogen) atoms. The Hall–Kier alpha value is -1.23. The summed E-state index contributed by atoms with van der Waals surface area (Å²) in [6, 6.07) is -0.00859. The monoisotopic (exact) mass is 364 g/mol. The molecule has 1 saturated heterocycles. The molecule has 0 aromatic rings. The van der Waals surface area contributed by atoms with Gasteiger partial charge in [-0.15, -0.1) is 12.4 Å². The second-order valence-electron chi connectivity index (χ2n) is 7.40. The van der Waals surface area contributed by atoms with E-state index >= 15 is 0 Å². The Morgan fingerprint density at radius 1 is 1.16 bits per heavy atom. The molecule has 0 radical (unpaired) electrons. The van der Waals surface area contributed by atoms with Crippen LogP contribution in [-0.4, -0.2) is 43.0 Å². The molecule has 5 rings (SSSR count). The second kappa shape index (κ2) is 5.90. The van der Waals surface area contributed by atoms with Crippen molar-refractivity contribution in [2.45, 2.75) is 31.2 Å². The summed E-state index contributed by atoms with van der Waals surface area (Å²) in [7, 11) is 0. The lowest BCUT2D eigenvalue weighted by Crippen LogP contribution is -2.51. The zero-order valence-electron chi connectivity index (χ0n) is 14.1. The van der Waals surface area contributed by atoms with Crippen molar-refractivity contribution in [3.8, 4) is 0 Å². The number of hydrogen-bond acceptors (Lipinski definition) is 2. The van der Waals surface area contributed by atoms with Crippen molar-refractivity contribution < 1.29 is 8.78 Å². The molecule has 0 aromatic heterocycles. The Labute approximate surface area is 153 Å². The number of alkyl halides is 2. The first kappa shape index (κ1) is 17.2. The van der Waals surface area contributed by atoms with Gasteiger partial charge in [-0.1, -0.05) is 36.5 Å². The highest BCUT2D eigenvalue weighted by Gasteiger charge is 2.78. The number of halogens is 3. The quantitative estimate of drug-likeness (QED) is 0.761. The lowest BCUT2D eigenvalue weighted by molar-refractivity contribution is 0.0747. The van der Waals surface area contributed by atoms with Crippen LogP contribution in [0.5, 0.6) is 0 Å². The molecule has 2 atom stereocenters. The maximum absolute atomic E-state index is 14.9. The summed E-state index contributed by atoms with van der Waals surface area (Å²) in [5, 5.41) is 3.38. The van der Waals surface area contributed by atoms with Crippen LogP contribution in [0.2, 0.25) is 0 Å². The molecular formula is C20H23ClF2N2. The van der Waals surface area contributed by atoms with Crippen LogP contribution in [-0.2, 0) is 0 Å². The summed E-state index contributed by atoms with van der Waals surface area (Å²) in [6.45, 7) is 3.67. The second-order valence-corrected chi connectivity index (χ2v) is 7.40. The number of nitrogens with zero attached hydrogens (tertiary/aromatic N) is 1. The van der Waals surface area contributed by atoms with Crippen LogP contribution in [0.4, 0.5) is 8.78 Å². The summed E-state index contributed by atoms with van der Waals surface area (Å²) in [6.07, 6.45) is 14.4. The molecule has 1 saturated carbocycles. The van der Waals surface area contributed by atoms with E-state index in [1.54, 1.807) is 0 Å². The van der Waals surface area contributed by atoms with Crippen molar-refractivity contribution in [3.63, 3.8) is 0 Å². The number of hydrogen-bond donors (Lipinski definition) is 1. The van der Waals surface area contributed by atoms with E-state index in [9.17, 15) is 8.78 Å². The van der Waals surface area contributed by atoms with Crippen molar-refractivity contribution in [1.29, 1.82) is 0 Å². The number of nitrogens with one attached hydrogen (secondary N) is 1. The van der Waals surface area contributed by atoms with Crippen LogP contribution in [0.3, 0.4) is 0 Å². The number of allylic oxidation sites excluding steroid dienone is 7.